The van der Waals surface area contributed by atoms with E-state index >= 15 is 0 Å². The number of carbonyl (C=O) groups is 1. The van der Waals surface area contributed by atoms with Crippen molar-refractivity contribution >= 4 is 5.91 Å². The number of nitrogens with one attached hydrogen (secondary N) is 1. The number of hydrogen-bond donors (Lipinski definition) is 2. The maximum absolute atomic E-state index is 12.2. The average Bonchev–Trinajstić information content (AvgIpc) is 2.90. The lowest BCUT2D eigenvalue weighted by Crippen LogP contribution is -2.35. The van der Waals surface area contributed by atoms with E-state index in [2.05, 4.69) is 10.3 Å². The summed E-state index contributed by atoms with van der Waals surface area (Å²) < 4.78 is 5.35. The van der Waals surface area contributed by atoms with Gasteiger partial charge in [0.2, 0.25) is 5.89 Å². The first-order valence-electron chi connectivity index (χ1n) is 8.10. The van der Waals surface area contributed by atoms with Gasteiger partial charge in [-0.25, -0.2) is 4.98 Å². The predicted molar refractivity (Wildman–Crippen MR) is 81.8 cm³/mol. The maximum atomic E-state index is 12.2. The van der Waals surface area contributed by atoms with Crippen LogP contribution in [0.4, 0.5) is 0 Å². The number of rotatable bonds is 4. The van der Waals surface area contributed by atoms with Gasteiger partial charge in [-0.05, 0) is 18.8 Å². The summed E-state index contributed by atoms with van der Waals surface area (Å²) in [4.78, 5) is 16.5. The van der Waals surface area contributed by atoms with Crippen molar-refractivity contribution in [2.24, 2.45) is 11.7 Å². The standard InChI is InChI=1S/C16H27N3O2/c1-11(2)14(17)16-19-13(10-21-16)15(20)18-12-8-6-4-3-5-7-9-12/h10-12,14H,3-9,17H2,1-2H3,(H,18,20). The molecule has 5 heteroatoms. The van der Waals surface area contributed by atoms with Gasteiger partial charge in [0, 0.05) is 6.04 Å². The number of carbonyl (C=O) groups excluding carboxylic acids is 1. The molecule has 1 aromatic heterocycles. The summed E-state index contributed by atoms with van der Waals surface area (Å²) >= 11 is 0. The van der Waals surface area contributed by atoms with Crippen LogP contribution in [0.2, 0.25) is 0 Å². The number of aromatic nitrogens is 1. The van der Waals surface area contributed by atoms with Crippen LogP contribution in [-0.2, 0) is 0 Å². The maximum Gasteiger partial charge on any atom is 0.273 e. The molecule has 21 heavy (non-hydrogen) atoms. The van der Waals surface area contributed by atoms with E-state index in [0.717, 1.165) is 12.8 Å². The van der Waals surface area contributed by atoms with Crippen molar-refractivity contribution in [2.75, 3.05) is 0 Å². The SMILES string of the molecule is CC(C)C(N)c1nc(C(=O)NC2CCCCCCC2)co1. The van der Waals surface area contributed by atoms with Crippen molar-refractivity contribution < 1.29 is 9.21 Å². The van der Waals surface area contributed by atoms with Crippen LogP contribution < -0.4 is 11.1 Å². The Kier molecular flexibility index (Phi) is 5.79. The summed E-state index contributed by atoms with van der Waals surface area (Å²) in [5, 5.41) is 3.08. The Labute approximate surface area is 126 Å². The third-order valence-electron chi connectivity index (χ3n) is 4.20. The van der Waals surface area contributed by atoms with Crippen molar-refractivity contribution in [2.45, 2.75) is 70.9 Å². The van der Waals surface area contributed by atoms with Gasteiger partial charge in [0.25, 0.3) is 5.91 Å². The molecule has 2 rings (SSSR count). The molecule has 1 aromatic rings. The molecule has 0 bridgehead atoms. The van der Waals surface area contributed by atoms with Crippen molar-refractivity contribution in [3.63, 3.8) is 0 Å². The highest BCUT2D eigenvalue weighted by Crippen LogP contribution is 2.19. The third kappa shape index (κ3) is 4.56. The Hall–Kier alpha value is -1.36. The van der Waals surface area contributed by atoms with Crippen LogP contribution in [0.1, 0.15) is 81.2 Å². The van der Waals surface area contributed by atoms with E-state index in [1.165, 1.54) is 38.4 Å². The van der Waals surface area contributed by atoms with Gasteiger partial charge < -0.3 is 15.5 Å². The van der Waals surface area contributed by atoms with Gasteiger partial charge in [0.1, 0.15) is 6.26 Å². The number of nitrogens with two attached hydrogens (primary N) is 1. The van der Waals surface area contributed by atoms with Crippen LogP contribution in [0.3, 0.4) is 0 Å². The summed E-state index contributed by atoms with van der Waals surface area (Å²) in [7, 11) is 0. The topological polar surface area (TPSA) is 81.1 Å². The van der Waals surface area contributed by atoms with E-state index in [1.54, 1.807) is 0 Å². The summed E-state index contributed by atoms with van der Waals surface area (Å²) in [6, 6.07) is -0.00957. The second-order valence-corrected chi connectivity index (χ2v) is 6.36. The second-order valence-electron chi connectivity index (χ2n) is 6.36. The zero-order chi connectivity index (χ0) is 15.2. The summed E-state index contributed by atoms with van der Waals surface area (Å²) in [5.74, 6) is 0.518. The van der Waals surface area contributed by atoms with Crippen molar-refractivity contribution in [1.29, 1.82) is 0 Å². The molecule has 0 saturated heterocycles. The van der Waals surface area contributed by atoms with Crippen LogP contribution in [0.15, 0.2) is 10.7 Å². The molecule has 1 atom stereocenters. The molecular formula is C16H27N3O2. The van der Waals surface area contributed by atoms with E-state index in [1.807, 2.05) is 13.8 Å². The van der Waals surface area contributed by atoms with Crippen LogP contribution >= 0.6 is 0 Å². The van der Waals surface area contributed by atoms with Crippen molar-refractivity contribution in [3.05, 3.63) is 17.8 Å². The van der Waals surface area contributed by atoms with Gasteiger partial charge in [0.15, 0.2) is 5.69 Å². The Balaban J connectivity index is 1.93. The van der Waals surface area contributed by atoms with Gasteiger partial charge in [-0.2, -0.15) is 0 Å². The molecule has 0 radical (unpaired) electrons. The summed E-state index contributed by atoms with van der Waals surface area (Å²) in [6.45, 7) is 4.01. The highest BCUT2D eigenvalue weighted by Gasteiger charge is 2.21. The highest BCUT2D eigenvalue weighted by atomic mass is 16.3. The molecule has 1 heterocycles. The van der Waals surface area contributed by atoms with Crippen LogP contribution in [0, 0.1) is 5.92 Å². The predicted octanol–water partition coefficient (Wildman–Crippen LogP) is 3.17. The van der Waals surface area contributed by atoms with Gasteiger partial charge in [-0.1, -0.05) is 46.0 Å². The molecule has 1 aliphatic carbocycles. The fourth-order valence-electron chi connectivity index (χ4n) is 2.69. The van der Waals surface area contributed by atoms with E-state index in [0.29, 0.717) is 11.6 Å². The fraction of sp³-hybridized carbons (Fsp3) is 0.750. The van der Waals surface area contributed by atoms with Crippen molar-refractivity contribution in [3.8, 4) is 0 Å². The lowest BCUT2D eigenvalue weighted by molar-refractivity contribution is 0.0925. The normalized spacial score (nSPS) is 19.0. The minimum absolute atomic E-state index is 0.147. The lowest BCUT2D eigenvalue weighted by Gasteiger charge is -2.20. The first-order valence-corrected chi connectivity index (χ1v) is 8.10. The van der Waals surface area contributed by atoms with E-state index < -0.39 is 0 Å². The molecular weight excluding hydrogens is 266 g/mol. The molecule has 0 aromatic carbocycles. The molecule has 0 spiro atoms. The molecule has 5 nitrogen and oxygen atoms in total. The monoisotopic (exact) mass is 293 g/mol. The molecule has 1 saturated carbocycles. The van der Waals surface area contributed by atoms with E-state index in [4.69, 9.17) is 10.2 Å². The van der Waals surface area contributed by atoms with Crippen LogP contribution in [-0.4, -0.2) is 16.9 Å². The smallest absolute Gasteiger partial charge is 0.273 e. The first kappa shape index (κ1) is 16.0. The van der Waals surface area contributed by atoms with Crippen molar-refractivity contribution in [1.82, 2.24) is 10.3 Å². The van der Waals surface area contributed by atoms with Gasteiger partial charge in [-0.15, -0.1) is 0 Å². The number of amides is 1. The quantitative estimate of drug-likeness (QED) is 0.893. The molecule has 1 amide bonds. The fourth-order valence-corrected chi connectivity index (χ4v) is 2.69. The zero-order valence-corrected chi connectivity index (χ0v) is 13.1. The Morgan fingerprint density at radius 3 is 2.52 bits per heavy atom. The number of nitrogens with zero attached hydrogens (tertiary/aromatic N) is 1. The lowest BCUT2D eigenvalue weighted by atomic mass is 9.97. The Morgan fingerprint density at radius 2 is 1.90 bits per heavy atom. The van der Waals surface area contributed by atoms with E-state index in [-0.39, 0.29) is 23.9 Å². The largest absolute Gasteiger partial charge is 0.446 e. The zero-order valence-electron chi connectivity index (χ0n) is 13.1. The van der Waals surface area contributed by atoms with Crippen LogP contribution in [0.25, 0.3) is 0 Å². The third-order valence-corrected chi connectivity index (χ3v) is 4.20. The molecule has 1 aliphatic rings. The molecule has 3 N–H and O–H groups in total. The average molecular weight is 293 g/mol. The second kappa shape index (κ2) is 7.59. The molecule has 1 fully saturated rings. The molecule has 1 unspecified atom stereocenters. The molecule has 118 valence electrons. The number of oxazole rings is 1. The summed E-state index contributed by atoms with van der Waals surface area (Å²) in [5.41, 5.74) is 6.32. The Morgan fingerprint density at radius 1 is 1.29 bits per heavy atom. The van der Waals surface area contributed by atoms with Gasteiger partial charge in [0.05, 0.1) is 6.04 Å². The molecule has 0 aliphatic heterocycles. The minimum Gasteiger partial charge on any atom is -0.446 e. The Bertz CT molecular complexity index is 448. The first-order chi connectivity index (χ1) is 10.1. The summed E-state index contributed by atoms with van der Waals surface area (Å²) in [6.07, 6.45) is 9.76. The highest BCUT2D eigenvalue weighted by molar-refractivity contribution is 5.92. The van der Waals surface area contributed by atoms with Crippen LogP contribution in [0.5, 0.6) is 0 Å². The van der Waals surface area contributed by atoms with E-state index in [9.17, 15) is 4.79 Å². The minimum atomic E-state index is -0.270. The number of hydrogen-bond acceptors (Lipinski definition) is 4. The van der Waals surface area contributed by atoms with Gasteiger partial charge >= 0.3 is 0 Å². The van der Waals surface area contributed by atoms with Gasteiger partial charge in [-0.3, -0.25) is 4.79 Å².